The van der Waals surface area contributed by atoms with Crippen molar-refractivity contribution in [3.63, 3.8) is 0 Å². The van der Waals surface area contributed by atoms with Crippen LogP contribution in [0.3, 0.4) is 0 Å². The molecular weight excluding hydrogens is 248 g/mol. The molecule has 0 saturated carbocycles. The number of morpholine rings is 2. The molecule has 6 heteroatoms. The molecule has 0 spiro atoms. The van der Waals surface area contributed by atoms with Crippen LogP contribution in [0.15, 0.2) is 0 Å². The second kappa shape index (κ2) is 7.19. The third-order valence-corrected chi connectivity index (χ3v) is 3.65. The summed E-state index contributed by atoms with van der Waals surface area (Å²) >= 11 is 0. The van der Waals surface area contributed by atoms with Gasteiger partial charge < -0.3 is 19.1 Å². The fourth-order valence-corrected chi connectivity index (χ4v) is 2.60. The van der Waals surface area contributed by atoms with E-state index in [4.69, 9.17) is 9.47 Å². The van der Waals surface area contributed by atoms with Gasteiger partial charge in [-0.1, -0.05) is 0 Å². The molecule has 6 nitrogen and oxygen atoms in total. The molecule has 0 aromatic rings. The molecule has 19 heavy (non-hydrogen) atoms. The van der Waals surface area contributed by atoms with Gasteiger partial charge in [0, 0.05) is 32.7 Å². The number of rotatable bonds is 4. The van der Waals surface area contributed by atoms with Crippen molar-refractivity contribution >= 4 is 5.97 Å². The van der Waals surface area contributed by atoms with Crippen LogP contribution in [0.1, 0.15) is 6.42 Å². The number of carbonyl (C=O) groups excluding carboxylic acids is 1. The van der Waals surface area contributed by atoms with E-state index in [9.17, 15) is 4.79 Å². The Hall–Kier alpha value is -0.690. The quantitative estimate of drug-likeness (QED) is 0.648. The standard InChI is InChI=1S/C13H24N2O4/c1-14-3-5-19-12(8-14)10-15-4-6-18-11(9-15)7-13(16)17-2/h11-12H,3-10H2,1-2H3. The number of nitrogens with zero attached hydrogens (tertiary/aromatic N) is 2. The summed E-state index contributed by atoms with van der Waals surface area (Å²) in [7, 11) is 3.53. The van der Waals surface area contributed by atoms with Gasteiger partial charge in [-0.2, -0.15) is 0 Å². The first-order chi connectivity index (χ1) is 9.17. The van der Waals surface area contributed by atoms with E-state index in [-0.39, 0.29) is 18.2 Å². The first kappa shape index (κ1) is 14.7. The van der Waals surface area contributed by atoms with Crippen molar-refractivity contribution in [3.05, 3.63) is 0 Å². The highest BCUT2D eigenvalue weighted by atomic mass is 16.5. The van der Waals surface area contributed by atoms with E-state index >= 15 is 0 Å². The van der Waals surface area contributed by atoms with Crippen molar-refractivity contribution in [3.8, 4) is 0 Å². The van der Waals surface area contributed by atoms with Crippen molar-refractivity contribution in [2.24, 2.45) is 0 Å². The topological polar surface area (TPSA) is 51.2 Å². The summed E-state index contributed by atoms with van der Waals surface area (Å²) in [6, 6.07) is 0. The molecule has 0 radical (unpaired) electrons. The van der Waals surface area contributed by atoms with E-state index in [1.807, 2.05) is 0 Å². The minimum Gasteiger partial charge on any atom is -0.469 e. The van der Waals surface area contributed by atoms with Crippen LogP contribution in [0.4, 0.5) is 0 Å². The normalized spacial score (nSPS) is 30.2. The minimum absolute atomic E-state index is 0.0532. The van der Waals surface area contributed by atoms with Gasteiger partial charge in [-0.05, 0) is 7.05 Å². The summed E-state index contributed by atoms with van der Waals surface area (Å²) in [5.74, 6) is -0.208. The van der Waals surface area contributed by atoms with Crippen molar-refractivity contribution in [2.75, 3.05) is 60.1 Å². The van der Waals surface area contributed by atoms with Gasteiger partial charge >= 0.3 is 5.97 Å². The van der Waals surface area contributed by atoms with Crippen molar-refractivity contribution in [1.82, 2.24) is 9.80 Å². The molecule has 0 aromatic heterocycles. The maximum Gasteiger partial charge on any atom is 0.308 e. The lowest BCUT2D eigenvalue weighted by Crippen LogP contribution is -2.50. The summed E-state index contributed by atoms with van der Waals surface area (Å²) in [6.45, 7) is 6.04. The summed E-state index contributed by atoms with van der Waals surface area (Å²) in [4.78, 5) is 15.9. The molecule has 0 aliphatic carbocycles. The SMILES string of the molecule is COC(=O)CC1CN(CC2CN(C)CCO2)CCO1. The van der Waals surface area contributed by atoms with Gasteiger partial charge in [0.2, 0.25) is 0 Å². The molecule has 2 saturated heterocycles. The molecule has 2 fully saturated rings. The Kier molecular flexibility index (Phi) is 5.57. The van der Waals surface area contributed by atoms with Crippen LogP contribution in [-0.2, 0) is 19.0 Å². The average molecular weight is 272 g/mol. The summed E-state index contributed by atoms with van der Waals surface area (Å²) in [6.07, 6.45) is 0.538. The third-order valence-electron chi connectivity index (χ3n) is 3.65. The van der Waals surface area contributed by atoms with Crippen molar-refractivity contribution in [2.45, 2.75) is 18.6 Å². The lowest BCUT2D eigenvalue weighted by Gasteiger charge is -2.37. The Labute approximate surface area is 114 Å². The molecule has 0 aromatic carbocycles. The lowest BCUT2D eigenvalue weighted by molar-refractivity contribution is -0.146. The number of carbonyl (C=O) groups is 1. The molecule has 110 valence electrons. The summed E-state index contributed by atoms with van der Waals surface area (Å²) in [5, 5.41) is 0. The van der Waals surface area contributed by atoms with Gasteiger partial charge in [0.05, 0.1) is 39.0 Å². The second-order valence-corrected chi connectivity index (χ2v) is 5.29. The molecule has 2 rings (SSSR count). The van der Waals surface area contributed by atoms with Crippen LogP contribution in [0.5, 0.6) is 0 Å². The Bertz CT molecular complexity index is 300. The van der Waals surface area contributed by atoms with Gasteiger partial charge in [0.25, 0.3) is 0 Å². The maximum absolute atomic E-state index is 11.3. The van der Waals surface area contributed by atoms with Gasteiger partial charge in [0.15, 0.2) is 0 Å². The van der Waals surface area contributed by atoms with Crippen LogP contribution >= 0.6 is 0 Å². The lowest BCUT2D eigenvalue weighted by atomic mass is 10.2. The van der Waals surface area contributed by atoms with E-state index in [0.29, 0.717) is 13.0 Å². The number of hydrogen-bond acceptors (Lipinski definition) is 6. The fourth-order valence-electron chi connectivity index (χ4n) is 2.60. The van der Waals surface area contributed by atoms with E-state index in [1.54, 1.807) is 0 Å². The first-order valence-corrected chi connectivity index (χ1v) is 6.88. The molecule has 2 unspecified atom stereocenters. The first-order valence-electron chi connectivity index (χ1n) is 6.88. The number of esters is 1. The van der Waals surface area contributed by atoms with Crippen molar-refractivity contribution in [1.29, 1.82) is 0 Å². The molecule has 0 amide bonds. The smallest absolute Gasteiger partial charge is 0.308 e. The zero-order valence-corrected chi connectivity index (χ0v) is 11.8. The molecule has 2 heterocycles. The van der Waals surface area contributed by atoms with Crippen LogP contribution in [0.25, 0.3) is 0 Å². The number of hydrogen-bond donors (Lipinski definition) is 0. The zero-order chi connectivity index (χ0) is 13.7. The van der Waals surface area contributed by atoms with Crippen molar-refractivity contribution < 1.29 is 19.0 Å². The van der Waals surface area contributed by atoms with Crippen LogP contribution in [0.2, 0.25) is 0 Å². The second-order valence-electron chi connectivity index (χ2n) is 5.29. The van der Waals surface area contributed by atoms with E-state index in [1.165, 1.54) is 7.11 Å². The summed E-state index contributed by atoms with van der Waals surface area (Å²) < 4.78 is 16.1. The highest BCUT2D eigenvalue weighted by Gasteiger charge is 2.26. The van der Waals surface area contributed by atoms with Crippen LogP contribution in [-0.4, -0.2) is 88.1 Å². The van der Waals surface area contributed by atoms with Gasteiger partial charge in [-0.25, -0.2) is 0 Å². The highest BCUT2D eigenvalue weighted by molar-refractivity contribution is 5.69. The third kappa shape index (κ3) is 4.72. The Morgan fingerprint density at radius 1 is 1.21 bits per heavy atom. The Morgan fingerprint density at radius 2 is 1.95 bits per heavy atom. The fraction of sp³-hybridized carbons (Fsp3) is 0.923. The molecule has 2 atom stereocenters. The van der Waals surface area contributed by atoms with E-state index in [0.717, 1.165) is 39.3 Å². The predicted molar refractivity (Wildman–Crippen MR) is 70.1 cm³/mol. The predicted octanol–water partition coefficient (Wildman–Crippen LogP) is -0.419. The molecule has 0 N–H and O–H groups in total. The molecule has 2 aliphatic rings. The zero-order valence-electron chi connectivity index (χ0n) is 11.8. The Balaban J connectivity index is 1.75. The van der Waals surface area contributed by atoms with Crippen LogP contribution < -0.4 is 0 Å². The number of methoxy groups -OCH3 is 1. The van der Waals surface area contributed by atoms with E-state index in [2.05, 4.69) is 21.6 Å². The summed E-state index contributed by atoms with van der Waals surface area (Å²) in [5.41, 5.74) is 0. The monoisotopic (exact) mass is 272 g/mol. The minimum atomic E-state index is -0.208. The number of likely N-dealkylation sites (N-methyl/N-ethyl adjacent to an activating group) is 1. The van der Waals surface area contributed by atoms with Gasteiger partial charge in [0.1, 0.15) is 0 Å². The number of ether oxygens (including phenoxy) is 3. The highest BCUT2D eigenvalue weighted by Crippen LogP contribution is 2.12. The van der Waals surface area contributed by atoms with Crippen LogP contribution in [0, 0.1) is 0 Å². The van der Waals surface area contributed by atoms with Gasteiger partial charge in [-0.3, -0.25) is 9.69 Å². The van der Waals surface area contributed by atoms with E-state index < -0.39 is 0 Å². The Morgan fingerprint density at radius 3 is 2.68 bits per heavy atom. The average Bonchev–Trinajstić information content (AvgIpc) is 2.39. The maximum atomic E-state index is 11.3. The molecule has 2 aliphatic heterocycles. The molecular formula is C13H24N2O4. The van der Waals surface area contributed by atoms with Gasteiger partial charge in [-0.15, -0.1) is 0 Å². The molecule has 0 bridgehead atoms. The largest absolute Gasteiger partial charge is 0.469 e.